The van der Waals surface area contributed by atoms with Crippen molar-refractivity contribution in [3.8, 4) is 11.4 Å². The van der Waals surface area contributed by atoms with Gasteiger partial charge < -0.3 is 10.3 Å². The highest BCUT2D eigenvalue weighted by Gasteiger charge is 2.23. The average molecular weight is 367 g/mol. The highest BCUT2D eigenvalue weighted by Crippen LogP contribution is 2.19. The van der Waals surface area contributed by atoms with Crippen molar-refractivity contribution < 1.29 is 4.79 Å². The quantitative estimate of drug-likeness (QED) is 0.681. The van der Waals surface area contributed by atoms with Crippen LogP contribution in [-0.4, -0.2) is 35.6 Å². The van der Waals surface area contributed by atoms with Crippen LogP contribution >= 0.6 is 0 Å². The zero-order chi connectivity index (χ0) is 19.4. The van der Waals surface area contributed by atoms with Gasteiger partial charge in [-0.05, 0) is 24.5 Å². The molecule has 0 aliphatic heterocycles. The topological polar surface area (TPSA) is 118 Å². The van der Waals surface area contributed by atoms with Crippen molar-refractivity contribution in [1.29, 1.82) is 0 Å². The third kappa shape index (κ3) is 4.25. The molecule has 140 valence electrons. The molecule has 2 N–H and O–H groups in total. The maximum Gasteiger partial charge on any atom is 0.264 e. The molecule has 3 heterocycles. The summed E-state index contributed by atoms with van der Waals surface area (Å²) in [6, 6.07) is 3.16. The Kier molecular flexibility index (Phi) is 5.39. The predicted molar refractivity (Wildman–Crippen MR) is 98.8 cm³/mol. The van der Waals surface area contributed by atoms with Crippen LogP contribution in [0.1, 0.15) is 42.5 Å². The van der Waals surface area contributed by atoms with Crippen molar-refractivity contribution in [2.75, 3.05) is 0 Å². The number of aromatic amines is 1. The lowest BCUT2D eigenvalue weighted by molar-refractivity contribution is 0.0927. The number of rotatable bonds is 6. The number of carbonyl (C=O) groups excluding carboxylic acids is 1. The van der Waals surface area contributed by atoms with Gasteiger partial charge in [0.1, 0.15) is 23.5 Å². The Morgan fingerprint density at radius 1 is 1.30 bits per heavy atom. The molecule has 0 saturated heterocycles. The van der Waals surface area contributed by atoms with E-state index in [0.717, 1.165) is 0 Å². The number of amides is 1. The fourth-order valence-electron chi connectivity index (χ4n) is 2.76. The van der Waals surface area contributed by atoms with E-state index in [1.165, 1.54) is 12.5 Å². The molecular weight excluding hydrogens is 346 g/mol. The standard InChI is InChI=1S/C18H21N7O2/c1-11(2)7-14(16-21-10-22-25(16)3)23-17(26)13-9-20-15(24-18(13)27)12-5-4-6-19-8-12/h4-6,8-11,14H,7H2,1-3H3,(H,23,26)(H,20,24,27)/t14-/m0/s1. The molecule has 27 heavy (non-hydrogen) atoms. The first-order chi connectivity index (χ1) is 13.0. The van der Waals surface area contributed by atoms with Crippen LogP contribution in [0, 0.1) is 5.92 Å². The van der Waals surface area contributed by atoms with Crippen LogP contribution in [0.2, 0.25) is 0 Å². The van der Waals surface area contributed by atoms with Crippen LogP contribution in [0.4, 0.5) is 0 Å². The average Bonchev–Trinajstić information content (AvgIpc) is 3.07. The van der Waals surface area contributed by atoms with E-state index in [-0.39, 0.29) is 11.6 Å². The molecule has 0 saturated carbocycles. The van der Waals surface area contributed by atoms with Gasteiger partial charge in [-0.15, -0.1) is 0 Å². The van der Waals surface area contributed by atoms with Gasteiger partial charge in [0.15, 0.2) is 0 Å². The van der Waals surface area contributed by atoms with Crippen LogP contribution < -0.4 is 10.9 Å². The highest BCUT2D eigenvalue weighted by atomic mass is 16.2. The number of hydrogen-bond donors (Lipinski definition) is 2. The normalized spacial score (nSPS) is 12.1. The van der Waals surface area contributed by atoms with Gasteiger partial charge in [0.25, 0.3) is 11.5 Å². The Balaban J connectivity index is 1.84. The van der Waals surface area contributed by atoms with Crippen LogP contribution in [0.25, 0.3) is 11.4 Å². The third-order valence-electron chi connectivity index (χ3n) is 4.05. The monoisotopic (exact) mass is 367 g/mol. The molecule has 0 radical (unpaired) electrons. The maximum atomic E-state index is 12.7. The van der Waals surface area contributed by atoms with Crippen molar-refractivity contribution in [3.05, 3.63) is 58.8 Å². The zero-order valence-corrected chi connectivity index (χ0v) is 15.4. The van der Waals surface area contributed by atoms with Crippen molar-refractivity contribution in [1.82, 2.24) is 35.0 Å². The number of H-pyrrole nitrogens is 1. The summed E-state index contributed by atoms with van der Waals surface area (Å²) in [7, 11) is 1.76. The lowest BCUT2D eigenvalue weighted by atomic mass is 10.0. The van der Waals surface area contributed by atoms with Gasteiger partial charge >= 0.3 is 0 Å². The molecule has 9 heteroatoms. The van der Waals surface area contributed by atoms with Gasteiger partial charge in [0, 0.05) is 31.2 Å². The number of carbonyl (C=O) groups is 1. The SMILES string of the molecule is CC(C)C[C@H](NC(=O)c1cnc(-c2cccnc2)[nH]c1=O)c1ncnn1C. The number of nitrogens with one attached hydrogen (secondary N) is 2. The van der Waals surface area contributed by atoms with E-state index in [0.29, 0.717) is 29.6 Å². The summed E-state index contributed by atoms with van der Waals surface area (Å²) in [4.78, 5) is 40.1. The van der Waals surface area contributed by atoms with E-state index in [9.17, 15) is 9.59 Å². The molecule has 1 amide bonds. The third-order valence-corrected chi connectivity index (χ3v) is 4.05. The van der Waals surface area contributed by atoms with Gasteiger partial charge in [-0.1, -0.05) is 13.8 Å². The molecule has 0 aromatic carbocycles. The molecule has 3 aromatic rings. The summed E-state index contributed by atoms with van der Waals surface area (Å²) < 4.78 is 1.61. The molecule has 0 unspecified atom stereocenters. The molecule has 0 bridgehead atoms. The van der Waals surface area contributed by atoms with E-state index in [1.54, 1.807) is 36.3 Å². The minimum absolute atomic E-state index is 0.0569. The number of nitrogens with zero attached hydrogens (tertiary/aromatic N) is 5. The summed E-state index contributed by atoms with van der Waals surface area (Å²) in [5, 5.41) is 6.93. The second-order valence-electron chi connectivity index (χ2n) is 6.61. The summed E-state index contributed by atoms with van der Waals surface area (Å²) in [5.41, 5.74) is 0.0968. The molecule has 0 fully saturated rings. The number of aromatic nitrogens is 6. The van der Waals surface area contributed by atoms with Crippen LogP contribution in [0.3, 0.4) is 0 Å². The molecule has 3 aromatic heterocycles. The zero-order valence-electron chi connectivity index (χ0n) is 15.4. The molecular formula is C18H21N7O2. The second kappa shape index (κ2) is 7.90. The lowest BCUT2D eigenvalue weighted by Crippen LogP contribution is -2.35. The van der Waals surface area contributed by atoms with E-state index in [2.05, 4.69) is 30.4 Å². The van der Waals surface area contributed by atoms with Crippen LogP contribution in [0.5, 0.6) is 0 Å². The molecule has 1 atom stereocenters. The number of pyridine rings is 1. The molecule has 9 nitrogen and oxygen atoms in total. The van der Waals surface area contributed by atoms with Crippen molar-refractivity contribution in [2.45, 2.75) is 26.3 Å². The Hall–Kier alpha value is -3.36. The Morgan fingerprint density at radius 2 is 2.11 bits per heavy atom. The second-order valence-corrected chi connectivity index (χ2v) is 6.61. The first kappa shape index (κ1) is 18.4. The van der Waals surface area contributed by atoms with Crippen molar-refractivity contribution in [3.63, 3.8) is 0 Å². The van der Waals surface area contributed by atoms with Crippen molar-refractivity contribution >= 4 is 5.91 Å². The van der Waals surface area contributed by atoms with Gasteiger partial charge in [-0.25, -0.2) is 9.97 Å². The summed E-state index contributed by atoms with van der Waals surface area (Å²) >= 11 is 0. The Bertz CT molecular complexity index is 979. The fourth-order valence-corrected chi connectivity index (χ4v) is 2.76. The van der Waals surface area contributed by atoms with E-state index < -0.39 is 11.5 Å². The van der Waals surface area contributed by atoms with Gasteiger partial charge in [-0.2, -0.15) is 5.10 Å². The van der Waals surface area contributed by atoms with E-state index in [1.807, 2.05) is 13.8 Å². The van der Waals surface area contributed by atoms with Crippen LogP contribution in [0.15, 0.2) is 41.8 Å². The maximum absolute atomic E-state index is 12.7. The summed E-state index contributed by atoms with van der Waals surface area (Å²) in [6.07, 6.45) is 6.60. The highest BCUT2D eigenvalue weighted by molar-refractivity contribution is 5.93. The van der Waals surface area contributed by atoms with Gasteiger partial charge in [0.05, 0.1) is 6.04 Å². The van der Waals surface area contributed by atoms with Gasteiger partial charge in [0.2, 0.25) is 0 Å². The molecule has 0 spiro atoms. The molecule has 3 rings (SSSR count). The van der Waals surface area contributed by atoms with E-state index in [4.69, 9.17) is 0 Å². The lowest BCUT2D eigenvalue weighted by Gasteiger charge is -2.19. The summed E-state index contributed by atoms with van der Waals surface area (Å²) in [6.45, 7) is 4.10. The minimum Gasteiger partial charge on any atom is -0.342 e. The Labute approximate surface area is 155 Å². The predicted octanol–water partition coefficient (Wildman–Crippen LogP) is 1.48. The molecule has 0 aliphatic carbocycles. The van der Waals surface area contributed by atoms with E-state index >= 15 is 0 Å². The van der Waals surface area contributed by atoms with Crippen LogP contribution in [-0.2, 0) is 7.05 Å². The smallest absolute Gasteiger partial charge is 0.264 e. The first-order valence-electron chi connectivity index (χ1n) is 8.60. The number of hydrogen-bond acceptors (Lipinski definition) is 6. The summed E-state index contributed by atoms with van der Waals surface area (Å²) in [5.74, 6) is 0.802. The van der Waals surface area contributed by atoms with Crippen molar-refractivity contribution in [2.24, 2.45) is 13.0 Å². The first-order valence-corrected chi connectivity index (χ1v) is 8.60. The molecule has 0 aliphatic rings. The largest absolute Gasteiger partial charge is 0.342 e. The number of aryl methyl sites for hydroxylation is 1. The van der Waals surface area contributed by atoms with Gasteiger partial charge in [-0.3, -0.25) is 19.3 Å². The fraction of sp³-hybridized carbons (Fsp3) is 0.333. The minimum atomic E-state index is -0.511. The Morgan fingerprint density at radius 3 is 2.70 bits per heavy atom.